The van der Waals surface area contributed by atoms with Crippen molar-refractivity contribution in [3.63, 3.8) is 0 Å². The van der Waals surface area contributed by atoms with E-state index in [1.54, 1.807) is 15.6 Å². The van der Waals surface area contributed by atoms with Crippen molar-refractivity contribution in [3.8, 4) is 0 Å². The molecular formula is C18H22Si. The molecule has 0 fully saturated rings. The van der Waals surface area contributed by atoms with Gasteiger partial charge >= 0.3 is 0 Å². The lowest BCUT2D eigenvalue weighted by atomic mass is 10.0. The van der Waals surface area contributed by atoms with Gasteiger partial charge < -0.3 is 0 Å². The SMILES string of the molecule is C=C(C)[Si]1(C2=CC=CCC2)C(C)=CC2CC=CC=C21. The van der Waals surface area contributed by atoms with E-state index in [2.05, 4.69) is 63.0 Å². The van der Waals surface area contributed by atoms with Gasteiger partial charge in [-0.3, -0.25) is 0 Å². The maximum atomic E-state index is 4.42. The second kappa shape index (κ2) is 4.64. The molecule has 0 radical (unpaired) electrons. The van der Waals surface area contributed by atoms with Gasteiger partial charge in [0.15, 0.2) is 8.07 Å². The third kappa shape index (κ3) is 1.72. The van der Waals surface area contributed by atoms with Gasteiger partial charge in [-0.15, -0.1) is 6.58 Å². The van der Waals surface area contributed by atoms with Crippen molar-refractivity contribution in [1.82, 2.24) is 0 Å². The Bertz CT molecular complexity index is 568. The number of rotatable bonds is 2. The normalized spacial score (nSPS) is 32.5. The van der Waals surface area contributed by atoms with Crippen LogP contribution in [-0.4, -0.2) is 8.07 Å². The van der Waals surface area contributed by atoms with Gasteiger partial charge in [-0.25, -0.2) is 0 Å². The van der Waals surface area contributed by atoms with Gasteiger partial charge in [0.2, 0.25) is 0 Å². The molecule has 0 aromatic rings. The summed E-state index contributed by atoms with van der Waals surface area (Å²) in [5.41, 5.74) is 0. The van der Waals surface area contributed by atoms with Crippen LogP contribution in [0.5, 0.6) is 0 Å². The molecule has 0 nitrogen and oxygen atoms in total. The first-order valence-corrected chi connectivity index (χ1v) is 9.25. The Kier molecular flexibility index (Phi) is 3.10. The highest BCUT2D eigenvalue weighted by Crippen LogP contribution is 2.49. The number of hydrogen-bond donors (Lipinski definition) is 0. The van der Waals surface area contributed by atoms with Gasteiger partial charge in [0.25, 0.3) is 0 Å². The van der Waals surface area contributed by atoms with Crippen LogP contribution in [0.2, 0.25) is 0 Å². The highest BCUT2D eigenvalue weighted by molar-refractivity contribution is 7.04. The quantitative estimate of drug-likeness (QED) is 0.623. The standard InChI is InChI=1S/C18H22Si/c1-14(2)19(17-10-5-4-6-11-17)15(3)13-16-9-7-8-12-18(16)19/h4-5,7-8,10,12-13,16H,1,6,9,11H2,2-3H3. The first kappa shape index (κ1) is 12.7. The van der Waals surface area contributed by atoms with Gasteiger partial charge in [-0.05, 0) is 39.0 Å². The van der Waals surface area contributed by atoms with E-state index >= 15 is 0 Å². The van der Waals surface area contributed by atoms with Crippen molar-refractivity contribution in [2.24, 2.45) is 5.92 Å². The summed E-state index contributed by atoms with van der Waals surface area (Å²) in [4.78, 5) is 0. The fourth-order valence-electron chi connectivity index (χ4n) is 4.07. The van der Waals surface area contributed by atoms with E-state index in [1.165, 1.54) is 24.5 Å². The van der Waals surface area contributed by atoms with Gasteiger partial charge in [-0.2, -0.15) is 0 Å². The lowest BCUT2D eigenvalue weighted by molar-refractivity contribution is 0.808. The maximum Gasteiger partial charge on any atom is 0.162 e. The van der Waals surface area contributed by atoms with E-state index in [1.807, 2.05) is 0 Å². The van der Waals surface area contributed by atoms with Crippen molar-refractivity contribution in [2.45, 2.75) is 33.1 Å². The van der Waals surface area contributed by atoms with Gasteiger partial charge in [-0.1, -0.05) is 63.3 Å². The second-order valence-corrected chi connectivity index (χ2v) is 10.3. The molecular weight excluding hydrogens is 244 g/mol. The Morgan fingerprint density at radius 2 is 2.05 bits per heavy atom. The summed E-state index contributed by atoms with van der Waals surface area (Å²) in [6.45, 7) is 9.02. The van der Waals surface area contributed by atoms with Crippen LogP contribution in [0.25, 0.3) is 0 Å². The Labute approximate surface area is 117 Å². The Morgan fingerprint density at radius 1 is 1.26 bits per heavy atom. The summed E-state index contributed by atoms with van der Waals surface area (Å²) in [6, 6.07) is 0. The minimum Gasteiger partial charge on any atom is -0.103 e. The monoisotopic (exact) mass is 266 g/mol. The van der Waals surface area contributed by atoms with E-state index in [4.69, 9.17) is 0 Å². The Hall–Kier alpha value is -1.34. The van der Waals surface area contributed by atoms with Gasteiger partial charge in [0.05, 0.1) is 0 Å². The average molecular weight is 266 g/mol. The smallest absolute Gasteiger partial charge is 0.103 e. The molecule has 0 saturated heterocycles. The zero-order chi connectivity index (χ0) is 13.5. The third-order valence-corrected chi connectivity index (χ3v) is 10.2. The van der Waals surface area contributed by atoms with Crippen LogP contribution in [0.4, 0.5) is 0 Å². The molecule has 0 spiro atoms. The molecule has 1 aliphatic heterocycles. The van der Waals surface area contributed by atoms with Crippen molar-refractivity contribution < 1.29 is 0 Å². The molecule has 0 aromatic heterocycles. The van der Waals surface area contributed by atoms with Crippen molar-refractivity contribution >= 4 is 8.07 Å². The van der Waals surface area contributed by atoms with Crippen LogP contribution in [0.15, 0.2) is 69.9 Å². The van der Waals surface area contributed by atoms with E-state index in [-0.39, 0.29) is 0 Å². The summed E-state index contributed by atoms with van der Waals surface area (Å²) in [5, 5.41) is 6.37. The molecule has 1 heterocycles. The Balaban J connectivity index is 2.20. The maximum absolute atomic E-state index is 4.42. The fraction of sp³-hybridized carbons (Fsp3) is 0.333. The predicted molar refractivity (Wildman–Crippen MR) is 86.1 cm³/mol. The van der Waals surface area contributed by atoms with E-state index in [0.717, 1.165) is 0 Å². The van der Waals surface area contributed by atoms with Crippen LogP contribution in [0.3, 0.4) is 0 Å². The minimum atomic E-state index is -1.79. The summed E-state index contributed by atoms with van der Waals surface area (Å²) < 4.78 is 0. The highest BCUT2D eigenvalue weighted by Gasteiger charge is 2.49. The minimum absolute atomic E-state index is 0.639. The topological polar surface area (TPSA) is 0 Å². The first-order chi connectivity index (χ1) is 9.17. The van der Waals surface area contributed by atoms with Gasteiger partial charge in [0, 0.05) is 0 Å². The molecule has 3 aliphatic rings. The molecule has 0 aromatic carbocycles. The summed E-state index contributed by atoms with van der Waals surface area (Å²) in [7, 11) is -1.79. The van der Waals surface area contributed by atoms with Crippen LogP contribution in [0.1, 0.15) is 33.1 Å². The van der Waals surface area contributed by atoms with Crippen LogP contribution in [-0.2, 0) is 0 Å². The number of fused-ring (bicyclic) bond motifs is 1. The molecule has 3 rings (SSSR count). The molecule has 2 aliphatic carbocycles. The summed E-state index contributed by atoms with van der Waals surface area (Å²) in [6.07, 6.45) is 20.0. The van der Waals surface area contributed by atoms with E-state index in [0.29, 0.717) is 5.92 Å². The zero-order valence-corrected chi connectivity index (χ0v) is 12.9. The summed E-state index contributed by atoms with van der Waals surface area (Å²) >= 11 is 0. The van der Waals surface area contributed by atoms with Crippen LogP contribution in [0, 0.1) is 5.92 Å². The number of hydrogen-bond acceptors (Lipinski definition) is 0. The van der Waals surface area contributed by atoms with Gasteiger partial charge in [0.1, 0.15) is 0 Å². The predicted octanol–water partition coefficient (Wildman–Crippen LogP) is 4.91. The molecule has 2 atom stereocenters. The molecule has 0 saturated carbocycles. The molecule has 0 amide bonds. The Morgan fingerprint density at radius 3 is 2.74 bits per heavy atom. The first-order valence-electron chi connectivity index (χ1n) is 7.25. The molecule has 19 heavy (non-hydrogen) atoms. The third-order valence-electron chi connectivity index (χ3n) is 4.81. The largest absolute Gasteiger partial charge is 0.162 e. The summed E-state index contributed by atoms with van der Waals surface area (Å²) in [5.74, 6) is 0.639. The average Bonchev–Trinajstić information content (AvgIpc) is 2.72. The van der Waals surface area contributed by atoms with Crippen molar-refractivity contribution in [3.05, 3.63) is 69.9 Å². The molecule has 1 heteroatoms. The lowest BCUT2D eigenvalue weighted by Gasteiger charge is -2.37. The van der Waals surface area contributed by atoms with Crippen molar-refractivity contribution in [2.75, 3.05) is 0 Å². The van der Waals surface area contributed by atoms with Crippen molar-refractivity contribution in [1.29, 1.82) is 0 Å². The lowest BCUT2D eigenvalue weighted by Crippen LogP contribution is -2.42. The highest BCUT2D eigenvalue weighted by atomic mass is 28.3. The molecule has 2 unspecified atom stereocenters. The zero-order valence-electron chi connectivity index (χ0n) is 11.9. The van der Waals surface area contributed by atoms with Crippen LogP contribution < -0.4 is 0 Å². The molecule has 0 bridgehead atoms. The van der Waals surface area contributed by atoms with E-state index in [9.17, 15) is 0 Å². The molecule has 98 valence electrons. The second-order valence-electron chi connectivity index (χ2n) is 5.93. The molecule has 0 N–H and O–H groups in total. The fourth-order valence-corrected chi connectivity index (χ4v) is 9.54. The van der Waals surface area contributed by atoms with Crippen LogP contribution >= 0.6 is 0 Å². The van der Waals surface area contributed by atoms with E-state index < -0.39 is 8.07 Å². The number of allylic oxidation sites excluding steroid dienone is 11.